The number of halogens is 2. The quantitative estimate of drug-likeness (QED) is 0.738. The minimum Gasteiger partial charge on any atom is -0.444 e. The highest BCUT2D eigenvalue weighted by atomic mass is 19.3. The van der Waals surface area contributed by atoms with Crippen LogP contribution in [-0.4, -0.2) is 48.7 Å². The SMILES string of the molecule is CC(C)(C)OC(=O)N1CCC2(CNCC(F)(F)C2)C1. The van der Waals surface area contributed by atoms with Gasteiger partial charge in [-0.1, -0.05) is 0 Å². The van der Waals surface area contributed by atoms with Crippen molar-refractivity contribution in [3.8, 4) is 0 Å². The first-order valence-electron chi connectivity index (χ1n) is 6.67. The number of nitrogens with zero attached hydrogens (tertiary/aromatic N) is 1. The second-order valence-corrected chi connectivity index (χ2v) is 6.79. The van der Waals surface area contributed by atoms with E-state index in [4.69, 9.17) is 4.74 Å². The van der Waals surface area contributed by atoms with Crippen molar-refractivity contribution in [2.75, 3.05) is 26.2 Å². The van der Waals surface area contributed by atoms with Gasteiger partial charge in [0.25, 0.3) is 5.92 Å². The molecule has 2 rings (SSSR count). The van der Waals surface area contributed by atoms with E-state index in [0.717, 1.165) is 0 Å². The van der Waals surface area contributed by atoms with Crippen LogP contribution in [0.3, 0.4) is 0 Å². The third-order valence-electron chi connectivity index (χ3n) is 3.61. The Morgan fingerprint density at radius 3 is 2.58 bits per heavy atom. The smallest absolute Gasteiger partial charge is 0.410 e. The Bertz CT molecular complexity index is 368. The Balaban J connectivity index is 1.98. The van der Waals surface area contributed by atoms with E-state index in [9.17, 15) is 13.6 Å². The maximum absolute atomic E-state index is 13.5. The van der Waals surface area contributed by atoms with Gasteiger partial charge in [-0.3, -0.25) is 0 Å². The molecule has 6 heteroatoms. The first kappa shape index (κ1) is 14.5. The summed E-state index contributed by atoms with van der Waals surface area (Å²) in [6.45, 7) is 6.52. The number of hydrogen-bond donors (Lipinski definition) is 1. The Kier molecular flexibility index (Phi) is 3.49. The van der Waals surface area contributed by atoms with Crippen LogP contribution in [0.25, 0.3) is 0 Å². The fourth-order valence-electron chi connectivity index (χ4n) is 2.89. The molecule has 2 aliphatic heterocycles. The van der Waals surface area contributed by atoms with Crippen molar-refractivity contribution in [1.82, 2.24) is 10.2 Å². The van der Waals surface area contributed by atoms with Gasteiger partial charge in [0.1, 0.15) is 5.60 Å². The maximum Gasteiger partial charge on any atom is 0.410 e. The summed E-state index contributed by atoms with van der Waals surface area (Å²) in [6.07, 6.45) is 0.0551. The molecule has 2 heterocycles. The van der Waals surface area contributed by atoms with Crippen LogP contribution in [0.4, 0.5) is 13.6 Å². The van der Waals surface area contributed by atoms with Crippen LogP contribution in [-0.2, 0) is 4.74 Å². The second kappa shape index (κ2) is 4.58. The van der Waals surface area contributed by atoms with E-state index < -0.39 is 23.0 Å². The zero-order valence-electron chi connectivity index (χ0n) is 11.8. The van der Waals surface area contributed by atoms with Crippen LogP contribution >= 0.6 is 0 Å². The van der Waals surface area contributed by atoms with Gasteiger partial charge in [0.05, 0.1) is 6.54 Å². The number of amides is 1. The van der Waals surface area contributed by atoms with Gasteiger partial charge in [0.15, 0.2) is 0 Å². The molecule has 1 spiro atoms. The number of carbonyl (C=O) groups excluding carboxylic acids is 1. The van der Waals surface area contributed by atoms with E-state index in [1.807, 2.05) is 0 Å². The predicted molar refractivity (Wildman–Crippen MR) is 67.3 cm³/mol. The van der Waals surface area contributed by atoms with Crippen molar-refractivity contribution in [2.45, 2.75) is 45.1 Å². The molecule has 1 N–H and O–H groups in total. The number of piperidine rings is 1. The first-order valence-corrected chi connectivity index (χ1v) is 6.67. The number of nitrogens with one attached hydrogen (secondary N) is 1. The number of hydrogen-bond acceptors (Lipinski definition) is 3. The van der Waals surface area contributed by atoms with E-state index in [-0.39, 0.29) is 13.0 Å². The normalized spacial score (nSPS) is 30.7. The van der Waals surface area contributed by atoms with Crippen molar-refractivity contribution in [3.63, 3.8) is 0 Å². The Morgan fingerprint density at radius 2 is 2.00 bits per heavy atom. The van der Waals surface area contributed by atoms with Crippen LogP contribution in [0.2, 0.25) is 0 Å². The molecule has 1 unspecified atom stereocenters. The highest BCUT2D eigenvalue weighted by molar-refractivity contribution is 5.68. The van der Waals surface area contributed by atoms with E-state index in [1.165, 1.54) is 0 Å². The molecule has 0 radical (unpaired) electrons. The van der Waals surface area contributed by atoms with E-state index in [1.54, 1.807) is 25.7 Å². The molecule has 4 nitrogen and oxygen atoms in total. The Hall–Kier alpha value is -0.910. The molecule has 2 fully saturated rings. The summed E-state index contributed by atoms with van der Waals surface area (Å²) < 4.78 is 32.3. The molecule has 1 atom stereocenters. The van der Waals surface area contributed by atoms with Gasteiger partial charge in [0.2, 0.25) is 0 Å². The molecule has 0 aromatic rings. The predicted octanol–water partition coefficient (Wildman–Crippen LogP) is 2.24. The standard InChI is InChI=1S/C13H22F2N2O2/c1-11(2,3)19-10(18)17-5-4-12(9-17)6-13(14,15)8-16-7-12/h16H,4-9H2,1-3H3. The number of likely N-dealkylation sites (tertiary alicyclic amines) is 1. The van der Waals surface area contributed by atoms with Crippen molar-refractivity contribution < 1.29 is 18.3 Å². The van der Waals surface area contributed by atoms with E-state index >= 15 is 0 Å². The zero-order valence-corrected chi connectivity index (χ0v) is 11.8. The van der Waals surface area contributed by atoms with Crippen LogP contribution in [0.15, 0.2) is 0 Å². The maximum atomic E-state index is 13.5. The van der Waals surface area contributed by atoms with Gasteiger partial charge < -0.3 is 15.0 Å². The van der Waals surface area contributed by atoms with Gasteiger partial charge in [-0.05, 0) is 27.2 Å². The second-order valence-electron chi connectivity index (χ2n) is 6.79. The largest absolute Gasteiger partial charge is 0.444 e. The van der Waals surface area contributed by atoms with E-state index in [0.29, 0.717) is 26.1 Å². The average Bonchev–Trinajstić information content (AvgIpc) is 2.57. The summed E-state index contributed by atoms with van der Waals surface area (Å²) in [4.78, 5) is 13.5. The minimum atomic E-state index is -2.68. The third-order valence-corrected chi connectivity index (χ3v) is 3.61. The third kappa shape index (κ3) is 3.55. The minimum absolute atomic E-state index is 0.147. The van der Waals surface area contributed by atoms with Crippen molar-refractivity contribution in [3.05, 3.63) is 0 Å². The Labute approximate surface area is 112 Å². The summed E-state index contributed by atoms with van der Waals surface area (Å²) in [5.74, 6) is -2.68. The lowest BCUT2D eigenvalue weighted by molar-refractivity contribution is -0.0664. The first-order chi connectivity index (χ1) is 8.61. The number of alkyl halides is 2. The summed E-state index contributed by atoms with van der Waals surface area (Å²) in [5.41, 5.74) is -1.06. The van der Waals surface area contributed by atoms with Crippen molar-refractivity contribution in [1.29, 1.82) is 0 Å². The number of ether oxygens (including phenoxy) is 1. The average molecular weight is 276 g/mol. The van der Waals surface area contributed by atoms with Crippen LogP contribution < -0.4 is 5.32 Å². The molecule has 1 amide bonds. The molecule has 0 saturated carbocycles. The molecule has 0 aliphatic carbocycles. The molecule has 19 heavy (non-hydrogen) atoms. The van der Waals surface area contributed by atoms with Crippen molar-refractivity contribution >= 4 is 6.09 Å². The molecule has 0 aromatic heterocycles. The summed E-state index contributed by atoms with van der Waals surface area (Å²) >= 11 is 0. The summed E-state index contributed by atoms with van der Waals surface area (Å²) in [6, 6.07) is 0. The lowest BCUT2D eigenvalue weighted by Crippen LogP contribution is -2.52. The number of carbonyl (C=O) groups is 1. The zero-order chi connectivity index (χ0) is 14.3. The molecule has 110 valence electrons. The van der Waals surface area contributed by atoms with Crippen LogP contribution in [0, 0.1) is 5.41 Å². The summed E-state index contributed by atoms with van der Waals surface area (Å²) in [7, 11) is 0. The topological polar surface area (TPSA) is 41.6 Å². The van der Waals surface area contributed by atoms with Gasteiger partial charge in [-0.2, -0.15) is 0 Å². The Morgan fingerprint density at radius 1 is 1.32 bits per heavy atom. The number of rotatable bonds is 0. The monoisotopic (exact) mass is 276 g/mol. The lowest BCUT2D eigenvalue weighted by atomic mass is 9.78. The van der Waals surface area contributed by atoms with Crippen LogP contribution in [0.1, 0.15) is 33.6 Å². The molecular weight excluding hydrogens is 254 g/mol. The van der Waals surface area contributed by atoms with Gasteiger partial charge >= 0.3 is 6.09 Å². The van der Waals surface area contributed by atoms with E-state index in [2.05, 4.69) is 5.32 Å². The van der Waals surface area contributed by atoms with Gasteiger partial charge in [-0.15, -0.1) is 0 Å². The van der Waals surface area contributed by atoms with Crippen LogP contribution in [0.5, 0.6) is 0 Å². The molecular formula is C13H22F2N2O2. The van der Waals surface area contributed by atoms with Gasteiger partial charge in [0, 0.05) is 31.5 Å². The highest BCUT2D eigenvalue weighted by Crippen LogP contribution is 2.42. The highest BCUT2D eigenvalue weighted by Gasteiger charge is 2.50. The summed E-state index contributed by atoms with van der Waals surface area (Å²) in [5, 5.41) is 2.79. The molecule has 2 saturated heterocycles. The van der Waals surface area contributed by atoms with Crippen molar-refractivity contribution in [2.24, 2.45) is 5.41 Å². The lowest BCUT2D eigenvalue weighted by Gasteiger charge is -2.38. The fourth-order valence-corrected chi connectivity index (χ4v) is 2.89. The van der Waals surface area contributed by atoms with Gasteiger partial charge in [-0.25, -0.2) is 13.6 Å². The molecule has 2 aliphatic rings. The molecule has 0 bridgehead atoms. The molecule has 0 aromatic carbocycles. The fraction of sp³-hybridized carbons (Fsp3) is 0.923.